The molecule has 0 saturated carbocycles. The summed E-state index contributed by atoms with van der Waals surface area (Å²) >= 11 is 2.20. The van der Waals surface area contributed by atoms with E-state index >= 15 is 0 Å². The summed E-state index contributed by atoms with van der Waals surface area (Å²) in [5.41, 5.74) is 6.65. The first-order valence-corrected chi connectivity index (χ1v) is 7.99. The molecule has 22 heavy (non-hydrogen) atoms. The summed E-state index contributed by atoms with van der Waals surface area (Å²) in [4.78, 5) is 8.34. The van der Waals surface area contributed by atoms with Crippen molar-refractivity contribution in [3.8, 4) is 0 Å². The molecule has 0 bridgehead atoms. The van der Waals surface area contributed by atoms with Gasteiger partial charge in [0.1, 0.15) is 30.1 Å². The molecule has 2 aromatic heterocycles. The van der Waals surface area contributed by atoms with Gasteiger partial charge in [0.2, 0.25) is 0 Å². The largest absolute Gasteiger partial charge is 0.394 e. The lowest BCUT2D eigenvalue weighted by molar-refractivity contribution is -0.0560. The fourth-order valence-corrected chi connectivity index (χ4v) is 3.50. The van der Waals surface area contributed by atoms with Gasteiger partial charge in [-0.25, -0.2) is 9.97 Å². The molecule has 3 atom stereocenters. The highest BCUT2D eigenvalue weighted by Gasteiger charge is 2.37. The molecule has 7 nitrogen and oxygen atoms in total. The van der Waals surface area contributed by atoms with E-state index in [1.807, 2.05) is 10.8 Å². The van der Waals surface area contributed by atoms with Crippen molar-refractivity contribution in [3.05, 3.63) is 28.7 Å². The maximum absolute atomic E-state index is 9.48. The lowest BCUT2D eigenvalue weighted by Gasteiger charge is -2.15. The Morgan fingerprint density at radius 1 is 1.59 bits per heavy atom. The van der Waals surface area contributed by atoms with Crippen LogP contribution in [-0.4, -0.2) is 45.1 Å². The van der Waals surface area contributed by atoms with E-state index in [4.69, 9.17) is 15.2 Å². The SMILES string of the molecule is C=CCOC1CC(n2cc(I)c3c(N)ncnc32)OC1CO. The van der Waals surface area contributed by atoms with E-state index in [0.29, 0.717) is 18.8 Å². The lowest BCUT2D eigenvalue weighted by Crippen LogP contribution is -2.27. The van der Waals surface area contributed by atoms with Crippen molar-refractivity contribution < 1.29 is 14.6 Å². The molecule has 0 spiro atoms. The van der Waals surface area contributed by atoms with E-state index in [1.54, 1.807) is 6.08 Å². The first-order valence-electron chi connectivity index (χ1n) is 6.91. The Morgan fingerprint density at radius 2 is 2.41 bits per heavy atom. The number of ether oxygens (including phenoxy) is 2. The van der Waals surface area contributed by atoms with Crippen LogP contribution in [0.4, 0.5) is 5.82 Å². The number of anilines is 1. The van der Waals surface area contributed by atoms with Crippen molar-refractivity contribution in [3.63, 3.8) is 0 Å². The van der Waals surface area contributed by atoms with Gasteiger partial charge in [0.05, 0.1) is 24.7 Å². The number of fused-ring (bicyclic) bond motifs is 1. The van der Waals surface area contributed by atoms with Crippen LogP contribution in [0.1, 0.15) is 12.6 Å². The van der Waals surface area contributed by atoms with Gasteiger partial charge in [-0.1, -0.05) is 6.08 Å². The number of aliphatic hydroxyl groups excluding tert-OH is 1. The Labute approximate surface area is 141 Å². The van der Waals surface area contributed by atoms with Crippen molar-refractivity contribution in [1.29, 1.82) is 0 Å². The standard InChI is InChI=1S/C14H17IN4O3/c1-2-3-21-9-4-11(22-10(9)6-20)19-5-8(15)12-13(16)17-7-18-14(12)19/h2,5,7,9-11,20H,1,3-4,6H2,(H2,16,17,18). The number of hydrogen-bond donors (Lipinski definition) is 2. The molecule has 8 heteroatoms. The third-order valence-corrected chi connectivity index (χ3v) is 4.51. The van der Waals surface area contributed by atoms with Crippen LogP contribution >= 0.6 is 22.6 Å². The number of halogens is 1. The van der Waals surface area contributed by atoms with E-state index in [-0.39, 0.29) is 25.0 Å². The monoisotopic (exact) mass is 416 g/mol. The maximum atomic E-state index is 9.48. The second kappa shape index (κ2) is 6.49. The molecule has 0 radical (unpaired) electrons. The van der Waals surface area contributed by atoms with Crippen molar-refractivity contribution in [2.45, 2.75) is 24.9 Å². The number of hydrogen-bond acceptors (Lipinski definition) is 6. The Hall–Kier alpha value is -1.23. The molecule has 0 aromatic carbocycles. The van der Waals surface area contributed by atoms with Crippen LogP contribution in [0.15, 0.2) is 25.2 Å². The van der Waals surface area contributed by atoms with Crippen LogP contribution in [0.2, 0.25) is 0 Å². The fraction of sp³-hybridized carbons (Fsp3) is 0.429. The average molecular weight is 416 g/mol. The van der Waals surface area contributed by atoms with E-state index in [1.165, 1.54) is 6.33 Å². The van der Waals surface area contributed by atoms with Crippen LogP contribution < -0.4 is 5.73 Å². The molecule has 3 heterocycles. The molecule has 1 aliphatic heterocycles. The molecule has 0 amide bonds. The highest BCUT2D eigenvalue weighted by molar-refractivity contribution is 14.1. The van der Waals surface area contributed by atoms with Gasteiger partial charge in [-0.2, -0.15) is 0 Å². The van der Waals surface area contributed by atoms with Gasteiger partial charge in [0.15, 0.2) is 0 Å². The minimum Gasteiger partial charge on any atom is -0.394 e. The topological polar surface area (TPSA) is 95.4 Å². The van der Waals surface area contributed by atoms with Crippen LogP contribution in [0, 0.1) is 3.57 Å². The number of nitrogens with two attached hydrogens (primary N) is 1. The van der Waals surface area contributed by atoms with E-state index in [2.05, 4.69) is 39.1 Å². The minimum absolute atomic E-state index is 0.0915. The Balaban J connectivity index is 1.92. The summed E-state index contributed by atoms with van der Waals surface area (Å²) < 4.78 is 14.5. The number of rotatable bonds is 5. The number of nitrogen functional groups attached to an aromatic ring is 1. The summed E-state index contributed by atoms with van der Waals surface area (Å²) in [5.74, 6) is 0.448. The summed E-state index contributed by atoms with van der Waals surface area (Å²) in [6, 6.07) is 0. The maximum Gasteiger partial charge on any atom is 0.148 e. The van der Waals surface area contributed by atoms with Crippen LogP contribution in [0.25, 0.3) is 11.0 Å². The van der Waals surface area contributed by atoms with Crippen LogP contribution in [0.3, 0.4) is 0 Å². The molecule has 0 aliphatic carbocycles. The highest BCUT2D eigenvalue weighted by Crippen LogP contribution is 2.35. The normalized spacial score (nSPS) is 24.9. The van der Waals surface area contributed by atoms with Crippen molar-refractivity contribution in [2.24, 2.45) is 0 Å². The molecular formula is C14H17IN4O3. The average Bonchev–Trinajstić information content (AvgIpc) is 3.07. The number of aliphatic hydroxyl groups is 1. The molecule has 1 aliphatic rings. The predicted octanol–water partition coefficient (Wildman–Crippen LogP) is 1.47. The van der Waals surface area contributed by atoms with E-state index in [9.17, 15) is 5.11 Å². The number of nitrogens with zero attached hydrogens (tertiary/aromatic N) is 3. The van der Waals surface area contributed by atoms with E-state index < -0.39 is 0 Å². The second-order valence-electron chi connectivity index (χ2n) is 5.05. The molecule has 3 rings (SSSR count). The fourth-order valence-electron chi connectivity index (χ4n) is 2.68. The van der Waals surface area contributed by atoms with Crippen molar-refractivity contribution in [2.75, 3.05) is 18.9 Å². The Morgan fingerprint density at radius 3 is 3.14 bits per heavy atom. The van der Waals surface area contributed by atoms with Crippen LogP contribution in [-0.2, 0) is 9.47 Å². The lowest BCUT2D eigenvalue weighted by atomic mass is 10.2. The minimum atomic E-state index is -0.362. The molecule has 1 fully saturated rings. The zero-order valence-electron chi connectivity index (χ0n) is 11.9. The van der Waals surface area contributed by atoms with Gasteiger partial charge in [-0.3, -0.25) is 0 Å². The first kappa shape index (κ1) is 15.7. The summed E-state index contributed by atoms with van der Waals surface area (Å²) in [7, 11) is 0. The summed E-state index contributed by atoms with van der Waals surface area (Å²) in [6.07, 6.45) is 4.89. The third kappa shape index (κ3) is 2.71. The van der Waals surface area contributed by atoms with Gasteiger partial charge in [-0.15, -0.1) is 6.58 Å². The van der Waals surface area contributed by atoms with Crippen LogP contribution in [0.5, 0.6) is 0 Å². The molecule has 1 saturated heterocycles. The van der Waals surface area contributed by atoms with Gasteiger partial charge < -0.3 is 24.9 Å². The van der Waals surface area contributed by atoms with Gasteiger partial charge in [-0.05, 0) is 22.6 Å². The second-order valence-corrected chi connectivity index (χ2v) is 6.21. The third-order valence-electron chi connectivity index (χ3n) is 3.69. The quantitative estimate of drug-likeness (QED) is 0.566. The Bertz CT molecular complexity index is 690. The zero-order chi connectivity index (χ0) is 15.7. The molecular weight excluding hydrogens is 399 g/mol. The van der Waals surface area contributed by atoms with E-state index in [0.717, 1.165) is 14.6 Å². The van der Waals surface area contributed by atoms with Gasteiger partial charge >= 0.3 is 0 Å². The highest BCUT2D eigenvalue weighted by atomic mass is 127. The predicted molar refractivity (Wildman–Crippen MR) is 90.2 cm³/mol. The summed E-state index contributed by atoms with van der Waals surface area (Å²) in [6.45, 7) is 3.97. The molecule has 3 N–H and O–H groups in total. The smallest absolute Gasteiger partial charge is 0.148 e. The van der Waals surface area contributed by atoms with Crippen molar-refractivity contribution >= 4 is 39.4 Å². The zero-order valence-corrected chi connectivity index (χ0v) is 14.0. The molecule has 118 valence electrons. The van der Waals surface area contributed by atoms with Gasteiger partial charge in [0.25, 0.3) is 0 Å². The first-order chi connectivity index (χ1) is 10.7. The van der Waals surface area contributed by atoms with Gasteiger partial charge in [0, 0.05) is 16.2 Å². The Kier molecular flexibility index (Phi) is 4.62. The molecule has 2 aromatic rings. The van der Waals surface area contributed by atoms with Crippen molar-refractivity contribution in [1.82, 2.24) is 14.5 Å². The summed E-state index contributed by atoms with van der Waals surface area (Å²) in [5, 5.41) is 10.3. The number of aromatic nitrogens is 3. The molecule has 3 unspecified atom stereocenters.